The lowest BCUT2D eigenvalue weighted by Gasteiger charge is -2.13. The van der Waals surface area contributed by atoms with Crippen LogP contribution in [0.3, 0.4) is 0 Å². The lowest BCUT2D eigenvalue weighted by atomic mass is 10.1. The zero-order valence-corrected chi connectivity index (χ0v) is 16.0. The number of nitrogens with one attached hydrogen (secondary N) is 3. The first-order chi connectivity index (χ1) is 13.6. The number of H-pyrrole nitrogens is 1. The fourth-order valence-corrected chi connectivity index (χ4v) is 3.08. The number of hydrogen-bond donors (Lipinski definition) is 3. The number of ether oxygens (including phenoxy) is 1. The Kier molecular flexibility index (Phi) is 6.60. The molecule has 3 rings (SSSR count). The molecule has 0 aliphatic heterocycles. The molecule has 0 saturated heterocycles. The van der Waals surface area contributed by atoms with E-state index in [-0.39, 0.29) is 18.2 Å². The van der Waals surface area contributed by atoms with E-state index in [9.17, 15) is 8.78 Å². The summed E-state index contributed by atoms with van der Waals surface area (Å²) in [6.45, 7) is 1.38. The van der Waals surface area contributed by atoms with Gasteiger partial charge in [-0.25, -0.2) is 8.78 Å². The number of aliphatic imine (C=N–C) groups is 1. The zero-order chi connectivity index (χ0) is 19.9. The predicted molar refractivity (Wildman–Crippen MR) is 107 cm³/mol. The molecule has 2 aromatic carbocycles. The van der Waals surface area contributed by atoms with Gasteiger partial charge in [0.15, 0.2) is 5.96 Å². The molecule has 0 aliphatic carbocycles. The molecule has 28 heavy (non-hydrogen) atoms. The molecule has 3 N–H and O–H groups in total. The van der Waals surface area contributed by atoms with Crippen molar-refractivity contribution in [1.82, 2.24) is 15.6 Å². The number of benzene rings is 2. The highest BCUT2D eigenvalue weighted by Gasteiger charge is 2.07. The van der Waals surface area contributed by atoms with Crippen molar-refractivity contribution in [2.45, 2.75) is 19.6 Å². The van der Waals surface area contributed by atoms with Gasteiger partial charge in [-0.05, 0) is 47.9 Å². The van der Waals surface area contributed by atoms with E-state index in [1.165, 1.54) is 19.2 Å². The maximum Gasteiger partial charge on any atom is 0.191 e. The van der Waals surface area contributed by atoms with Crippen molar-refractivity contribution >= 4 is 16.9 Å². The SMILES string of the molecule is CN=C(NCCc1c[nH]c2ccc(F)cc12)NCc1ccc(F)c(COC)c1. The summed E-state index contributed by atoms with van der Waals surface area (Å²) in [6, 6.07) is 9.68. The van der Waals surface area contributed by atoms with E-state index in [1.807, 2.05) is 6.20 Å². The summed E-state index contributed by atoms with van der Waals surface area (Å²) < 4.78 is 32.2. The van der Waals surface area contributed by atoms with Gasteiger partial charge in [0.2, 0.25) is 0 Å². The Balaban J connectivity index is 1.53. The summed E-state index contributed by atoms with van der Waals surface area (Å²) in [7, 11) is 3.23. The van der Waals surface area contributed by atoms with Crippen molar-refractivity contribution in [2.75, 3.05) is 20.7 Å². The van der Waals surface area contributed by atoms with E-state index >= 15 is 0 Å². The van der Waals surface area contributed by atoms with Crippen LogP contribution in [0.15, 0.2) is 47.6 Å². The van der Waals surface area contributed by atoms with Crippen molar-refractivity contribution in [3.63, 3.8) is 0 Å². The fourth-order valence-electron chi connectivity index (χ4n) is 3.08. The number of nitrogens with zero attached hydrogens (tertiary/aromatic N) is 1. The van der Waals surface area contributed by atoms with Gasteiger partial charge >= 0.3 is 0 Å². The van der Waals surface area contributed by atoms with E-state index in [0.29, 0.717) is 24.6 Å². The van der Waals surface area contributed by atoms with Crippen LogP contribution in [-0.4, -0.2) is 31.6 Å². The smallest absolute Gasteiger partial charge is 0.191 e. The third-order valence-electron chi connectivity index (χ3n) is 4.51. The summed E-state index contributed by atoms with van der Waals surface area (Å²) in [5.74, 6) is 0.123. The molecular weight excluding hydrogens is 362 g/mol. The standard InChI is InChI=1S/C21H24F2N4O/c1-24-21(27-11-14-3-5-19(23)16(9-14)13-28-2)25-8-7-15-12-26-20-6-4-17(22)10-18(15)20/h3-6,9-10,12,26H,7-8,11,13H2,1-2H3,(H2,24,25,27). The number of guanidine groups is 1. The Morgan fingerprint density at radius 3 is 2.75 bits per heavy atom. The average molecular weight is 386 g/mol. The molecule has 0 saturated carbocycles. The fraction of sp³-hybridized carbons (Fsp3) is 0.286. The van der Waals surface area contributed by atoms with Gasteiger partial charge < -0.3 is 20.4 Å². The molecule has 0 spiro atoms. The lowest BCUT2D eigenvalue weighted by molar-refractivity contribution is 0.181. The average Bonchev–Trinajstić information content (AvgIpc) is 3.09. The van der Waals surface area contributed by atoms with Crippen molar-refractivity contribution in [1.29, 1.82) is 0 Å². The van der Waals surface area contributed by atoms with Crippen LogP contribution in [0.1, 0.15) is 16.7 Å². The first-order valence-electron chi connectivity index (χ1n) is 9.07. The number of halogens is 2. The lowest BCUT2D eigenvalue weighted by Crippen LogP contribution is -2.37. The molecule has 1 heterocycles. The summed E-state index contributed by atoms with van der Waals surface area (Å²) in [6.07, 6.45) is 2.62. The molecule has 3 aromatic rings. The summed E-state index contributed by atoms with van der Waals surface area (Å²) in [4.78, 5) is 7.36. The van der Waals surface area contributed by atoms with Crippen LogP contribution in [0.2, 0.25) is 0 Å². The third-order valence-corrected chi connectivity index (χ3v) is 4.51. The molecule has 0 fully saturated rings. The van der Waals surface area contributed by atoms with Gasteiger partial charge in [0.25, 0.3) is 0 Å². The number of aromatic nitrogens is 1. The van der Waals surface area contributed by atoms with Gasteiger partial charge in [0.1, 0.15) is 11.6 Å². The van der Waals surface area contributed by atoms with E-state index in [1.54, 1.807) is 31.3 Å². The minimum Gasteiger partial charge on any atom is -0.380 e. The molecule has 148 valence electrons. The number of hydrogen-bond acceptors (Lipinski definition) is 2. The first kappa shape index (κ1) is 19.8. The number of methoxy groups -OCH3 is 1. The number of fused-ring (bicyclic) bond motifs is 1. The second-order valence-electron chi connectivity index (χ2n) is 6.47. The molecule has 5 nitrogen and oxygen atoms in total. The van der Waals surface area contributed by atoms with Crippen LogP contribution in [0.25, 0.3) is 10.9 Å². The van der Waals surface area contributed by atoms with Crippen molar-refractivity contribution in [2.24, 2.45) is 4.99 Å². The first-order valence-corrected chi connectivity index (χ1v) is 9.07. The summed E-state index contributed by atoms with van der Waals surface area (Å²) in [5.41, 5.74) is 3.42. The van der Waals surface area contributed by atoms with Crippen molar-refractivity contribution < 1.29 is 13.5 Å². The Morgan fingerprint density at radius 2 is 1.96 bits per heavy atom. The van der Waals surface area contributed by atoms with Gasteiger partial charge in [-0.2, -0.15) is 0 Å². The van der Waals surface area contributed by atoms with Gasteiger partial charge in [-0.15, -0.1) is 0 Å². The maximum atomic E-state index is 13.7. The highest BCUT2D eigenvalue weighted by atomic mass is 19.1. The largest absolute Gasteiger partial charge is 0.380 e. The predicted octanol–water partition coefficient (Wildman–Crippen LogP) is 3.50. The topological polar surface area (TPSA) is 61.4 Å². The number of rotatable bonds is 7. The van der Waals surface area contributed by atoms with E-state index < -0.39 is 0 Å². The van der Waals surface area contributed by atoms with E-state index in [4.69, 9.17) is 4.74 Å². The monoisotopic (exact) mass is 386 g/mol. The van der Waals surface area contributed by atoms with Crippen LogP contribution in [0, 0.1) is 11.6 Å². The molecule has 0 unspecified atom stereocenters. The Morgan fingerprint density at radius 1 is 1.11 bits per heavy atom. The van der Waals surface area contributed by atoms with Crippen LogP contribution in [-0.2, 0) is 24.3 Å². The summed E-state index contributed by atoms with van der Waals surface area (Å²) >= 11 is 0. The molecule has 0 atom stereocenters. The highest BCUT2D eigenvalue weighted by molar-refractivity contribution is 5.83. The molecular formula is C21H24F2N4O. The summed E-state index contributed by atoms with van der Waals surface area (Å²) in [5, 5.41) is 7.34. The Hall–Kier alpha value is -2.93. The molecule has 7 heteroatoms. The molecule has 0 bridgehead atoms. The quantitative estimate of drug-likeness (QED) is 0.430. The van der Waals surface area contributed by atoms with Gasteiger partial charge in [-0.1, -0.05) is 6.07 Å². The van der Waals surface area contributed by atoms with Crippen LogP contribution in [0.4, 0.5) is 8.78 Å². The van der Waals surface area contributed by atoms with Gasteiger partial charge in [-0.3, -0.25) is 4.99 Å². The molecule has 0 amide bonds. The van der Waals surface area contributed by atoms with E-state index in [2.05, 4.69) is 20.6 Å². The minimum atomic E-state index is -0.275. The van der Waals surface area contributed by atoms with E-state index in [0.717, 1.165) is 28.5 Å². The minimum absolute atomic E-state index is 0.234. The molecule has 0 aliphatic rings. The van der Waals surface area contributed by atoms with Crippen molar-refractivity contribution in [3.8, 4) is 0 Å². The van der Waals surface area contributed by atoms with Gasteiger partial charge in [0, 0.05) is 49.9 Å². The maximum absolute atomic E-state index is 13.7. The van der Waals surface area contributed by atoms with Crippen molar-refractivity contribution in [3.05, 3.63) is 70.9 Å². The van der Waals surface area contributed by atoms with Gasteiger partial charge in [0.05, 0.1) is 6.61 Å². The van der Waals surface area contributed by atoms with Crippen LogP contribution in [0.5, 0.6) is 0 Å². The molecule has 1 aromatic heterocycles. The van der Waals surface area contributed by atoms with Crippen LogP contribution < -0.4 is 10.6 Å². The highest BCUT2D eigenvalue weighted by Crippen LogP contribution is 2.19. The second kappa shape index (κ2) is 9.32. The zero-order valence-electron chi connectivity index (χ0n) is 16.0. The second-order valence-corrected chi connectivity index (χ2v) is 6.47. The normalized spacial score (nSPS) is 11.8. The van der Waals surface area contributed by atoms with Crippen LogP contribution >= 0.6 is 0 Å². The number of aromatic amines is 1. The Bertz CT molecular complexity index is 968. The third kappa shape index (κ3) is 4.86. The molecule has 0 radical (unpaired) electrons. The Labute approximate surface area is 162 Å².